The maximum atomic E-state index is 12.6. The fourth-order valence-electron chi connectivity index (χ4n) is 2.64. The van der Waals surface area contributed by atoms with E-state index in [9.17, 15) is 22.8 Å². The van der Waals surface area contributed by atoms with E-state index in [2.05, 4.69) is 0 Å². The van der Waals surface area contributed by atoms with E-state index in [1.54, 1.807) is 18.2 Å². The molecule has 0 amide bonds. The number of allylic oxidation sites excluding steroid dienone is 1. The van der Waals surface area contributed by atoms with Crippen LogP contribution in [0.1, 0.15) is 24.8 Å². The first-order chi connectivity index (χ1) is 10.7. The molecule has 1 aliphatic rings. The van der Waals surface area contributed by atoms with Crippen LogP contribution in [0, 0.1) is 5.92 Å². The SMILES string of the molecule is CN(C)c1ccc(/C=C2\CCCC(C(=O)C(F)(F)F)C2=O)cc1. The van der Waals surface area contributed by atoms with E-state index < -0.39 is 23.7 Å². The second-order valence-electron chi connectivity index (χ2n) is 5.83. The number of rotatable bonds is 3. The van der Waals surface area contributed by atoms with Crippen molar-refractivity contribution in [2.45, 2.75) is 25.4 Å². The second kappa shape index (κ2) is 6.56. The largest absolute Gasteiger partial charge is 0.450 e. The third kappa shape index (κ3) is 4.00. The molecule has 0 heterocycles. The molecule has 1 aromatic carbocycles. The maximum Gasteiger partial charge on any atom is 0.450 e. The summed E-state index contributed by atoms with van der Waals surface area (Å²) < 4.78 is 37.7. The third-order valence-corrected chi connectivity index (χ3v) is 3.92. The predicted octanol–water partition coefficient (Wildman–Crippen LogP) is 3.64. The Kier molecular flexibility index (Phi) is 4.92. The van der Waals surface area contributed by atoms with Crippen LogP contribution in [0.4, 0.5) is 18.9 Å². The Bertz CT molecular complexity index is 630. The highest BCUT2D eigenvalue weighted by Crippen LogP contribution is 2.32. The van der Waals surface area contributed by atoms with Crippen LogP contribution in [0.2, 0.25) is 0 Å². The molecule has 3 nitrogen and oxygen atoms in total. The van der Waals surface area contributed by atoms with Crippen molar-refractivity contribution in [1.82, 2.24) is 0 Å². The minimum absolute atomic E-state index is 0.0336. The van der Waals surface area contributed by atoms with Crippen molar-refractivity contribution in [2.24, 2.45) is 5.92 Å². The van der Waals surface area contributed by atoms with E-state index in [4.69, 9.17) is 0 Å². The van der Waals surface area contributed by atoms with Crippen molar-refractivity contribution in [1.29, 1.82) is 0 Å². The lowest BCUT2D eigenvalue weighted by Gasteiger charge is -2.22. The summed E-state index contributed by atoms with van der Waals surface area (Å²) in [6, 6.07) is 7.31. The van der Waals surface area contributed by atoms with Gasteiger partial charge in [-0.2, -0.15) is 13.2 Å². The molecule has 0 radical (unpaired) electrons. The lowest BCUT2D eigenvalue weighted by Crippen LogP contribution is -2.37. The van der Waals surface area contributed by atoms with Crippen LogP contribution in [0.5, 0.6) is 0 Å². The van der Waals surface area contributed by atoms with Gasteiger partial charge in [-0.15, -0.1) is 0 Å². The van der Waals surface area contributed by atoms with Crippen LogP contribution in [0.3, 0.4) is 0 Å². The minimum Gasteiger partial charge on any atom is -0.378 e. The molecule has 124 valence electrons. The zero-order chi connectivity index (χ0) is 17.2. The molecule has 1 fully saturated rings. The van der Waals surface area contributed by atoms with Gasteiger partial charge in [0.1, 0.15) is 0 Å². The van der Waals surface area contributed by atoms with Crippen molar-refractivity contribution in [2.75, 3.05) is 19.0 Å². The van der Waals surface area contributed by atoms with Crippen molar-refractivity contribution < 1.29 is 22.8 Å². The van der Waals surface area contributed by atoms with Gasteiger partial charge in [-0.3, -0.25) is 9.59 Å². The average molecular weight is 325 g/mol. The first-order valence-electron chi connectivity index (χ1n) is 7.33. The summed E-state index contributed by atoms with van der Waals surface area (Å²) in [6.45, 7) is 0. The number of ketones is 2. The van der Waals surface area contributed by atoms with E-state index in [1.165, 1.54) is 0 Å². The van der Waals surface area contributed by atoms with Crippen LogP contribution in [0.25, 0.3) is 6.08 Å². The predicted molar refractivity (Wildman–Crippen MR) is 82.2 cm³/mol. The van der Waals surface area contributed by atoms with E-state index >= 15 is 0 Å². The molecule has 6 heteroatoms. The molecular formula is C17H18F3NO2. The number of Topliss-reactive ketones (excluding diaryl/α,β-unsaturated/α-hetero) is 2. The van der Waals surface area contributed by atoms with Gasteiger partial charge < -0.3 is 4.90 Å². The minimum atomic E-state index is -4.96. The van der Waals surface area contributed by atoms with Crippen LogP contribution in [-0.4, -0.2) is 31.8 Å². The van der Waals surface area contributed by atoms with E-state index in [-0.39, 0.29) is 12.0 Å². The lowest BCUT2D eigenvalue weighted by molar-refractivity contribution is -0.176. The number of benzene rings is 1. The van der Waals surface area contributed by atoms with Gasteiger partial charge in [-0.25, -0.2) is 0 Å². The standard InChI is InChI=1S/C17H18F3NO2/c1-21(2)13-8-6-11(7-9-13)10-12-4-3-5-14(15(12)22)16(23)17(18,19)20/h6-10,14H,3-5H2,1-2H3/b12-10+. The molecule has 0 saturated heterocycles. The summed E-state index contributed by atoms with van der Waals surface area (Å²) in [6.07, 6.45) is -2.61. The number of carbonyl (C=O) groups is 2. The maximum absolute atomic E-state index is 12.6. The molecule has 0 bridgehead atoms. The molecule has 1 saturated carbocycles. The highest BCUT2D eigenvalue weighted by Gasteiger charge is 2.47. The molecule has 1 aromatic rings. The van der Waals surface area contributed by atoms with Gasteiger partial charge >= 0.3 is 6.18 Å². The first kappa shape index (κ1) is 17.2. The van der Waals surface area contributed by atoms with E-state index in [1.807, 2.05) is 31.1 Å². The first-order valence-corrected chi connectivity index (χ1v) is 7.33. The van der Waals surface area contributed by atoms with E-state index in [0.717, 1.165) is 11.3 Å². The molecule has 1 aliphatic carbocycles. The summed E-state index contributed by atoms with van der Waals surface area (Å²) in [5.74, 6) is -4.22. The molecule has 1 atom stereocenters. The molecule has 0 aromatic heterocycles. The highest BCUT2D eigenvalue weighted by molar-refractivity contribution is 6.14. The normalized spacial score (nSPS) is 20.7. The molecule has 1 unspecified atom stereocenters. The summed E-state index contributed by atoms with van der Waals surface area (Å²) in [4.78, 5) is 25.5. The molecular weight excluding hydrogens is 307 g/mol. The Morgan fingerprint density at radius 2 is 1.83 bits per heavy atom. The van der Waals surface area contributed by atoms with Crippen LogP contribution in [0.15, 0.2) is 29.8 Å². The van der Waals surface area contributed by atoms with Gasteiger partial charge in [-0.1, -0.05) is 12.1 Å². The Morgan fingerprint density at radius 1 is 1.22 bits per heavy atom. The summed E-state index contributed by atoms with van der Waals surface area (Å²) in [5, 5.41) is 0. The topological polar surface area (TPSA) is 37.4 Å². The smallest absolute Gasteiger partial charge is 0.378 e. The summed E-state index contributed by atoms with van der Waals surface area (Å²) in [7, 11) is 3.79. The van der Waals surface area contributed by atoms with Crippen LogP contribution < -0.4 is 4.90 Å². The van der Waals surface area contributed by atoms with Gasteiger partial charge in [0.05, 0.1) is 5.92 Å². The van der Waals surface area contributed by atoms with Crippen molar-refractivity contribution in [3.8, 4) is 0 Å². The van der Waals surface area contributed by atoms with Crippen LogP contribution >= 0.6 is 0 Å². The Balaban J connectivity index is 2.22. The van der Waals surface area contributed by atoms with Crippen LogP contribution in [-0.2, 0) is 9.59 Å². The highest BCUT2D eigenvalue weighted by atomic mass is 19.4. The number of hydrogen-bond acceptors (Lipinski definition) is 3. The monoisotopic (exact) mass is 325 g/mol. The van der Waals surface area contributed by atoms with Gasteiger partial charge in [0.2, 0.25) is 5.78 Å². The van der Waals surface area contributed by atoms with Gasteiger partial charge in [0.25, 0.3) is 0 Å². The van der Waals surface area contributed by atoms with Gasteiger partial charge in [0, 0.05) is 19.8 Å². The lowest BCUT2D eigenvalue weighted by atomic mass is 9.81. The summed E-state index contributed by atoms with van der Waals surface area (Å²) >= 11 is 0. The summed E-state index contributed by atoms with van der Waals surface area (Å²) in [5.41, 5.74) is 2.00. The molecule has 2 rings (SSSR count). The van der Waals surface area contributed by atoms with Gasteiger partial charge in [0.15, 0.2) is 5.78 Å². The Hall–Kier alpha value is -2.11. The molecule has 0 N–H and O–H groups in total. The van der Waals surface area contributed by atoms with Crippen molar-refractivity contribution in [3.05, 3.63) is 35.4 Å². The number of anilines is 1. The zero-order valence-corrected chi connectivity index (χ0v) is 13.0. The number of halogens is 3. The number of alkyl halides is 3. The molecule has 0 spiro atoms. The fraction of sp³-hybridized carbons (Fsp3) is 0.412. The van der Waals surface area contributed by atoms with Crippen molar-refractivity contribution >= 4 is 23.3 Å². The Morgan fingerprint density at radius 3 is 2.35 bits per heavy atom. The van der Waals surface area contributed by atoms with Crippen molar-refractivity contribution in [3.63, 3.8) is 0 Å². The Labute approximate surface area is 132 Å². The fourth-order valence-corrected chi connectivity index (χ4v) is 2.64. The molecule has 23 heavy (non-hydrogen) atoms. The number of nitrogens with zero attached hydrogens (tertiary/aromatic N) is 1. The van der Waals surface area contributed by atoms with Gasteiger partial charge in [-0.05, 0) is 48.6 Å². The quantitative estimate of drug-likeness (QED) is 0.629. The third-order valence-electron chi connectivity index (χ3n) is 3.92. The average Bonchev–Trinajstić information content (AvgIpc) is 2.48. The molecule has 0 aliphatic heterocycles. The number of carbonyl (C=O) groups excluding carboxylic acids is 2. The number of hydrogen-bond donors (Lipinski definition) is 0. The second-order valence-corrected chi connectivity index (χ2v) is 5.83. The van der Waals surface area contributed by atoms with E-state index in [0.29, 0.717) is 12.8 Å². The zero-order valence-electron chi connectivity index (χ0n) is 13.0.